The molecule has 1 spiro atoms. The number of carbonyl (C=O) groups excluding carboxylic acids is 2. The van der Waals surface area contributed by atoms with Crippen molar-refractivity contribution < 1.29 is 14.3 Å². The summed E-state index contributed by atoms with van der Waals surface area (Å²) in [5.41, 5.74) is 1.52. The molecule has 32 heavy (non-hydrogen) atoms. The lowest BCUT2D eigenvalue weighted by atomic mass is 9.72. The van der Waals surface area contributed by atoms with Gasteiger partial charge in [0.15, 0.2) is 0 Å². The first-order valence-electron chi connectivity index (χ1n) is 12.6. The van der Waals surface area contributed by atoms with Crippen LogP contribution in [-0.4, -0.2) is 46.5 Å². The Morgan fingerprint density at radius 1 is 1.03 bits per heavy atom. The van der Waals surface area contributed by atoms with Gasteiger partial charge < -0.3 is 15.0 Å². The lowest BCUT2D eigenvalue weighted by Gasteiger charge is -2.38. The Bertz CT molecular complexity index is 929. The van der Waals surface area contributed by atoms with Crippen LogP contribution in [0.4, 0.5) is 0 Å². The standard InChI is InChI=1S/C27H34N2O3/c1-17-11-13-18(14-12-17)22-21-15-16-27(32-21)23(22)26(31)29(20-9-3-2-4-10-20)24(27)25(30)28-19-7-5-6-8-19/h11-16,19-24H,2-10H2,1H3,(H,28,30)/t21-,22-,23+,24+,27-/m1/s1. The fraction of sp³-hybridized carbons (Fsp3) is 0.630. The molecule has 5 nitrogen and oxygen atoms in total. The number of likely N-dealkylation sites (tertiary alicyclic amines) is 1. The third kappa shape index (κ3) is 3.00. The van der Waals surface area contributed by atoms with Crippen molar-refractivity contribution in [1.82, 2.24) is 10.2 Å². The summed E-state index contributed by atoms with van der Waals surface area (Å²) in [7, 11) is 0. The highest BCUT2D eigenvalue weighted by Gasteiger charge is 2.72. The van der Waals surface area contributed by atoms with Crippen LogP contribution in [-0.2, 0) is 14.3 Å². The first kappa shape index (κ1) is 20.5. The molecule has 1 aromatic carbocycles. The number of hydrogen-bond donors (Lipinski definition) is 1. The summed E-state index contributed by atoms with van der Waals surface area (Å²) in [4.78, 5) is 29.9. The second-order valence-electron chi connectivity index (χ2n) is 10.6. The zero-order chi connectivity index (χ0) is 21.9. The maximum Gasteiger partial charge on any atom is 0.246 e. The Kier molecular flexibility index (Phi) is 4.94. The van der Waals surface area contributed by atoms with E-state index < -0.39 is 11.6 Å². The lowest BCUT2D eigenvalue weighted by molar-refractivity contribution is -0.143. The number of amides is 2. The second-order valence-corrected chi connectivity index (χ2v) is 10.6. The largest absolute Gasteiger partial charge is 0.359 e. The van der Waals surface area contributed by atoms with Gasteiger partial charge in [0.2, 0.25) is 11.8 Å². The molecule has 0 unspecified atom stereocenters. The molecule has 1 N–H and O–H groups in total. The smallest absolute Gasteiger partial charge is 0.246 e. The number of rotatable bonds is 4. The SMILES string of the molecule is Cc1ccc([C@H]2[C@H]3C(=O)N(C4CCCCC4)[C@@H](C(=O)NC4CCCC4)[C@@]34C=C[C@H]2O4)cc1. The molecule has 2 saturated carbocycles. The number of benzene rings is 1. The zero-order valence-electron chi connectivity index (χ0n) is 19.0. The van der Waals surface area contributed by atoms with E-state index in [4.69, 9.17) is 4.74 Å². The summed E-state index contributed by atoms with van der Waals surface area (Å²) >= 11 is 0. The highest BCUT2D eigenvalue weighted by atomic mass is 16.5. The quantitative estimate of drug-likeness (QED) is 0.729. The highest BCUT2D eigenvalue weighted by Crippen LogP contribution is 2.59. The van der Waals surface area contributed by atoms with E-state index in [1.165, 1.54) is 24.8 Å². The van der Waals surface area contributed by atoms with Crippen LogP contribution in [0.3, 0.4) is 0 Å². The topological polar surface area (TPSA) is 58.6 Å². The summed E-state index contributed by atoms with van der Waals surface area (Å²) in [6.45, 7) is 2.08. The van der Waals surface area contributed by atoms with Gasteiger partial charge >= 0.3 is 0 Å². The van der Waals surface area contributed by atoms with Crippen molar-refractivity contribution in [3.63, 3.8) is 0 Å². The van der Waals surface area contributed by atoms with Crippen LogP contribution in [0.5, 0.6) is 0 Å². The minimum Gasteiger partial charge on any atom is -0.359 e. The summed E-state index contributed by atoms with van der Waals surface area (Å²) < 4.78 is 6.64. The normalized spacial score (nSPS) is 36.8. The summed E-state index contributed by atoms with van der Waals surface area (Å²) in [6.07, 6.45) is 13.9. The molecular formula is C27H34N2O3. The molecule has 0 aromatic heterocycles. The molecule has 3 aliphatic heterocycles. The van der Waals surface area contributed by atoms with E-state index >= 15 is 0 Å². The van der Waals surface area contributed by atoms with Crippen LogP contribution in [0.1, 0.15) is 74.8 Å². The molecule has 4 fully saturated rings. The molecule has 5 atom stereocenters. The maximum absolute atomic E-state index is 14.1. The molecular weight excluding hydrogens is 400 g/mol. The van der Waals surface area contributed by atoms with E-state index in [0.29, 0.717) is 0 Å². The molecule has 3 heterocycles. The molecule has 1 aromatic rings. The monoisotopic (exact) mass is 434 g/mol. The molecule has 5 aliphatic rings. The number of fused-ring (bicyclic) bond motifs is 1. The Labute approximate surface area is 190 Å². The van der Waals surface area contributed by atoms with Gasteiger partial charge in [0.25, 0.3) is 0 Å². The number of nitrogens with zero attached hydrogens (tertiary/aromatic N) is 1. The average Bonchev–Trinajstić information content (AvgIpc) is 3.57. The first-order valence-corrected chi connectivity index (χ1v) is 12.6. The number of ether oxygens (including phenoxy) is 1. The first-order chi connectivity index (χ1) is 15.6. The van der Waals surface area contributed by atoms with Crippen molar-refractivity contribution in [3.05, 3.63) is 47.5 Å². The third-order valence-corrected chi connectivity index (χ3v) is 8.69. The molecule has 5 heteroatoms. The van der Waals surface area contributed by atoms with E-state index in [1.54, 1.807) is 0 Å². The number of nitrogens with one attached hydrogen (secondary N) is 1. The van der Waals surface area contributed by atoms with Gasteiger partial charge in [-0.25, -0.2) is 0 Å². The van der Waals surface area contributed by atoms with E-state index in [-0.39, 0.29) is 41.8 Å². The molecule has 2 amide bonds. The molecule has 6 rings (SSSR count). The van der Waals surface area contributed by atoms with Crippen molar-refractivity contribution >= 4 is 11.8 Å². The number of hydrogen-bond acceptors (Lipinski definition) is 3. The number of carbonyl (C=O) groups is 2. The van der Waals surface area contributed by atoms with Gasteiger partial charge in [0.1, 0.15) is 11.6 Å². The van der Waals surface area contributed by atoms with Crippen LogP contribution in [0.25, 0.3) is 0 Å². The second kappa shape index (κ2) is 7.72. The van der Waals surface area contributed by atoms with Crippen LogP contribution < -0.4 is 5.32 Å². The fourth-order valence-electron chi connectivity index (χ4n) is 7.18. The molecule has 170 valence electrons. The van der Waals surface area contributed by atoms with Gasteiger partial charge in [-0.2, -0.15) is 0 Å². The van der Waals surface area contributed by atoms with E-state index in [1.807, 2.05) is 4.90 Å². The van der Waals surface area contributed by atoms with Crippen LogP contribution in [0.2, 0.25) is 0 Å². The molecule has 2 saturated heterocycles. The highest BCUT2D eigenvalue weighted by molar-refractivity contribution is 5.97. The Morgan fingerprint density at radius 3 is 2.44 bits per heavy atom. The third-order valence-electron chi connectivity index (χ3n) is 8.69. The van der Waals surface area contributed by atoms with Gasteiger partial charge in [-0.1, -0.05) is 74.1 Å². The van der Waals surface area contributed by atoms with Gasteiger partial charge in [-0.3, -0.25) is 9.59 Å². The molecule has 2 aliphatic carbocycles. The minimum atomic E-state index is -0.836. The van der Waals surface area contributed by atoms with Crippen LogP contribution in [0, 0.1) is 12.8 Å². The van der Waals surface area contributed by atoms with Crippen molar-refractivity contribution in [2.24, 2.45) is 5.92 Å². The van der Waals surface area contributed by atoms with Crippen molar-refractivity contribution in [3.8, 4) is 0 Å². The van der Waals surface area contributed by atoms with Crippen molar-refractivity contribution in [1.29, 1.82) is 0 Å². The lowest BCUT2D eigenvalue weighted by Crippen LogP contribution is -2.58. The zero-order valence-corrected chi connectivity index (χ0v) is 19.0. The van der Waals surface area contributed by atoms with Crippen LogP contribution in [0.15, 0.2) is 36.4 Å². The van der Waals surface area contributed by atoms with Crippen molar-refractivity contribution in [2.45, 2.75) is 100 Å². The van der Waals surface area contributed by atoms with E-state index in [9.17, 15) is 9.59 Å². The Morgan fingerprint density at radius 2 is 1.72 bits per heavy atom. The summed E-state index contributed by atoms with van der Waals surface area (Å²) in [5, 5.41) is 3.32. The molecule has 0 radical (unpaired) electrons. The minimum absolute atomic E-state index is 0.00632. The predicted octanol–water partition coefficient (Wildman–Crippen LogP) is 4.00. The van der Waals surface area contributed by atoms with Gasteiger partial charge in [0.05, 0.1) is 12.0 Å². The summed E-state index contributed by atoms with van der Waals surface area (Å²) in [6, 6.07) is 8.31. The average molecular weight is 435 g/mol. The fourth-order valence-corrected chi connectivity index (χ4v) is 7.18. The van der Waals surface area contributed by atoms with Gasteiger partial charge in [0, 0.05) is 18.0 Å². The number of aryl methyl sites for hydroxylation is 1. The van der Waals surface area contributed by atoms with E-state index in [0.717, 1.165) is 44.1 Å². The Hall–Kier alpha value is -2.14. The van der Waals surface area contributed by atoms with Gasteiger partial charge in [-0.05, 0) is 38.2 Å². The summed E-state index contributed by atoms with van der Waals surface area (Å²) in [5.74, 6) is -0.223. The maximum atomic E-state index is 14.1. The van der Waals surface area contributed by atoms with Gasteiger partial charge in [-0.15, -0.1) is 0 Å². The molecule has 2 bridgehead atoms. The van der Waals surface area contributed by atoms with E-state index in [2.05, 4.69) is 48.7 Å². The van der Waals surface area contributed by atoms with Crippen LogP contribution >= 0.6 is 0 Å². The van der Waals surface area contributed by atoms with Crippen molar-refractivity contribution in [2.75, 3.05) is 0 Å². The predicted molar refractivity (Wildman–Crippen MR) is 122 cm³/mol. The Balaban J connectivity index is 1.39.